The average molecular weight is 1420 g/mol. The number of aliphatic hydroxyl groups excluding tert-OH is 1. The summed E-state index contributed by atoms with van der Waals surface area (Å²) in [6.45, 7) is 17.0. The number of amides is 6. The van der Waals surface area contributed by atoms with Crippen LogP contribution in [0, 0.1) is 29.6 Å². The summed E-state index contributed by atoms with van der Waals surface area (Å²) in [5.74, 6) is -3.72. The zero-order valence-electron chi connectivity index (χ0n) is 58.7. The van der Waals surface area contributed by atoms with Gasteiger partial charge in [0.2, 0.25) is 17.7 Å². The zero-order valence-corrected chi connectivity index (χ0v) is 58.7. The number of rotatable bonds is 32. The van der Waals surface area contributed by atoms with Gasteiger partial charge in [0.25, 0.3) is 0 Å². The molecule has 10 aliphatic heterocycles. The van der Waals surface area contributed by atoms with E-state index in [1.807, 2.05) is 0 Å². The summed E-state index contributed by atoms with van der Waals surface area (Å²) in [5.41, 5.74) is 16.5. The summed E-state index contributed by atoms with van der Waals surface area (Å²) in [6.07, 6.45) is 2.22. The molecule has 0 aromatic heterocycles. The van der Waals surface area contributed by atoms with Crippen molar-refractivity contribution in [3.63, 3.8) is 0 Å². The number of urea groups is 1. The van der Waals surface area contributed by atoms with E-state index >= 15 is 0 Å². The number of nitrogens with zero attached hydrogens (tertiary/aromatic N) is 3. The van der Waals surface area contributed by atoms with E-state index in [9.17, 15) is 33.9 Å². The van der Waals surface area contributed by atoms with Crippen molar-refractivity contribution in [1.29, 1.82) is 0 Å². The SMILES string of the molecule is C=C1CC2CC[C@]34C[C@H]5OC6(O3)C3C(O4)[C@H]4OC(CCC4O[C@H]3C56)CC(=O)CC3[C@@H](OC)C(CC(O)CNC(=O)OCc4ccc(NC(=O)[C@H](CCCNC(N)=O)NC(=O)[C@@H](NC(=O)CCOCCOCCOCCOCCN=[N+]=[N-])C(C)C)cc4)O[C@H]3C[C@H]3OC(CCC1O2)C[C@@H](C)C3=C. The maximum Gasteiger partial charge on any atom is 0.407 e. The number of Topliss-reactive ketones (excluding diaryl/α,β-unsaturated/α-hetero) is 1. The van der Waals surface area contributed by atoms with E-state index in [4.69, 9.17) is 77.6 Å². The number of hydrogen-bond donors (Lipinski definition) is 7. The van der Waals surface area contributed by atoms with Gasteiger partial charge in [-0.25, -0.2) is 9.59 Å². The minimum atomic E-state index is -1.10. The second kappa shape index (κ2) is 35.2. The van der Waals surface area contributed by atoms with Crippen LogP contribution in [0.4, 0.5) is 15.3 Å². The topological polar surface area (TPSA) is 387 Å². The molecule has 0 radical (unpaired) electrons. The molecule has 10 heterocycles. The predicted molar refractivity (Wildman–Crippen MR) is 360 cm³/mol. The highest BCUT2D eigenvalue weighted by molar-refractivity contribution is 5.98. The van der Waals surface area contributed by atoms with Gasteiger partial charge in [-0.3, -0.25) is 19.2 Å². The first kappa shape index (κ1) is 76.2. The standard InChI is InChI=1S/C71H105N9O21/c1-39(2)61(79-58(83)18-22-89-24-26-91-28-29-92-27-25-90-23-21-76-80-73)67(85)78-51(8-7-20-74-68(72)86)66(84)77-44-11-9-43(10-12-44)38-93-69(87)75-37-46(82)34-56-62(88-6)50-33-45(81)32-48-14-16-53-63(96-48)65-60-64(98-53)59-57-36-70(100-65,101-71(59,60)99-57)19-17-49-31-41(4)52(94-49)15-13-47-30-40(3)42(5)54(95-47)35-55(50)97-56/h9-12,39-40,46-57,59-65,82H,4-5,7-8,13-38H2,1-3,6H3,(H,75,87)(H,77,84)(H,78,85)(H,79,83)(H3,72,74,86)/t40-,46?,47?,48?,49?,50?,51+,52?,53?,54-,55+,56?,57-,59?,60?,61+,62-,63+,64+,65?,70-,71?/m1/s1. The fourth-order valence-electron chi connectivity index (χ4n) is 16.6. The number of azide groups is 1. The van der Waals surface area contributed by atoms with Crippen molar-refractivity contribution in [2.45, 2.75) is 239 Å². The second-order valence-electron chi connectivity index (χ2n) is 29.1. The number of benzene rings is 1. The number of carbonyl (C=O) groups is 6. The minimum Gasteiger partial charge on any atom is -0.445 e. The van der Waals surface area contributed by atoms with Crippen LogP contribution in [0.1, 0.15) is 129 Å². The van der Waals surface area contributed by atoms with Gasteiger partial charge in [-0.1, -0.05) is 51.2 Å². The number of fused-ring (bicyclic) bond motifs is 6. The van der Waals surface area contributed by atoms with Crippen molar-refractivity contribution in [3.8, 4) is 0 Å². The molecule has 1 aromatic rings. The third-order valence-electron chi connectivity index (χ3n) is 21.7. The lowest BCUT2D eigenvalue weighted by Crippen LogP contribution is -2.93. The normalized spacial score (nSPS) is 34.7. The fourth-order valence-corrected chi connectivity index (χ4v) is 16.6. The molecule has 11 fully saturated rings. The summed E-state index contributed by atoms with van der Waals surface area (Å²) < 4.78 is 88.4. The van der Waals surface area contributed by atoms with Gasteiger partial charge >= 0.3 is 12.1 Å². The second-order valence-corrected chi connectivity index (χ2v) is 29.1. The van der Waals surface area contributed by atoms with E-state index in [0.29, 0.717) is 70.0 Å². The summed E-state index contributed by atoms with van der Waals surface area (Å²) in [4.78, 5) is 82.5. The number of hydrogen-bond acceptors (Lipinski definition) is 22. The maximum absolute atomic E-state index is 14.6. The smallest absolute Gasteiger partial charge is 0.407 e. The Kier molecular flexibility index (Phi) is 26.6. The number of anilines is 1. The van der Waals surface area contributed by atoms with Crippen molar-refractivity contribution in [1.82, 2.24) is 21.3 Å². The van der Waals surface area contributed by atoms with Gasteiger partial charge in [0.05, 0.1) is 138 Å². The number of nitrogens with one attached hydrogen (secondary N) is 5. The number of primary amides is 1. The molecule has 11 aliphatic rings. The van der Waals surface area contributed by atoms with Crippen LogP contribution in [0.15, 0.2) is 53.7 Å². The van der Waals surface area contributed by atoms with Crippen LogP contribution >= 0.6 is 0 Å². The monoisotopic (exact) mass is 1420 g/mol. The molecule has 30 heteroatoms. The van der Waals surface area contributed by atoms with Gasteiger partial charge < -0.3 is 104 Å². The van der Waals surface area contributed by atoms with Crippen LogP contribution in [0.3, 0.4) is 0 Å². The first-order valence-corrected chi connectivity index (χ1v) is 36.4. The van der Waals surface area contributed by atoms with E-state index < -0.39 is 89.9 Å². The van der Waals surface area contributed by atoms with E-state index in [1.54, 1.807) is 45.2 Å². The first-order chi connectivity index (χ1) is 48.7. The van der Waals surface area contributed by atoms with Gasteiger partial charge in [0.15, 0.2) is 11.6 Å². The molecule has 8 N–H and O–H groups in total. The Balaban J connectivity index is 0.647. The molecule has 2 spiro atoms. The Morgan fingerprint density at radius 3 is 2.23 bits per heavy atom. The lowest BCUT2D eigenvalue weighted by atomic mass is 9.51. The zero-order chi connectivity index (χ0) is 71.4. The molecule has 1 aliphatic carbocycles. The number of ether oxygens (including phenoxy) is 14. The van der Waals surface area contributed by atoms with E-state index in [1.165, 1.54) is 0 Å². The van der Waals surface area contributed by atoms with Crippen molar-refractivity contribution in [3.05, 3.63) is 64.6 Å². The van der Waals surface area contributed by atoms with Crippen LogP contribution in [0.2, 0.25) is 0 Å². The fraction of sp³-hybridized carbons (Fsp3) is 0.775. The molecule has 6 amide bonds. The largest absolute Gasteiger partial charge is 0.445 e. The quantitative estimate of drug-likeness (QED) is 0.0156. The molecular weight excluding hydrogens is 1310 g/mol. The van der Waals surface area contributed by atoms with Gasteiger partial charge in [0, 0.05) is 88.2 Å². The lowest BCUT2D eigenvalue weighted by molar-refractivity contribution is -0.620. The minimum absolute atomic E-state index is 0.00710. The summed E-state index contributed by atoms with van der Waals surface area (Å²) in [6, 6.07) is 3.69. The van der Waals surface area contributed by atoms with E-state index in [-0.39, 0.29) is 169 Å². The van der Waals surface area contributed by atoms with Crippen molar-refractivity contribution < 1.29 is 100 Å². The van der Waals surface area contributed by atoms with Crippen LogP contribution in [-0.2, 0) is 92.1 Å². The van der Waals surface area contributed by atoms with Gasteiger partial charge in [-0.2, -0.15) is 0 Å². The Hall–Kier alpha value is -5.93. The Bertz CT molecular complexity index is 3090. The maximum atomic E-state index is 14.6. The molecule has 1 aromatic carbocycles. The Labute approximate surface area is 589 Å². The molecular formula is C71H105N9O21. The highest BCUT2D eigenvalue weighted by Crippen LogP contribution is 2.73. The lowest BCUT2D eigenvalue weighted by Gasteiger charge is -2.80. The Morgan fingerprint density at radius 2 is 1.50 bits per heavy atom. The van der Waals surface area contributed by atoms with Gasteiger partial charge in [-0.05, 0) is 104 Å². The van der Waals surface area contributed by atoms with Crippen LogP contribution in [0.5, 0.6) is 0 Å². The van der Waals surface area contributed by atoms with Crippen molar-refractivity contribution in [2.24, 2.45) is 40.4 Å². The van der Waals surface area contributed by atoms with E-state index in [2.05, 4.69) is 56.7 Å². The highest BCUT2D eigenvalue weighted by atomic mass is 16.8. The van der Waals surface area contributed by atoms with E-state index in [0.717, 1.165) is 49.7 Å². The van der Waals surface area contributed by atoms with Crippen molar-refractivity contribution in [2.75, 3.05) is 84.9 Å². The molecule has 10 saturated heterocycles. The molecule has 101 heavy (non-hydrogen) atoms. The number of nitrogens with two attached hydrogens (primary N) is 1. The van der Waals surface area contributed by atoms with Gasteiger partial charge in [0.1, 0.15) is 36.7 Å². The molecule has 10 bridgehead atoms. The number of ketones is 1. The Morgan fingerprint density at radius 1 is 0.772 bits per heavy atom. The molecule has 12 unspecified atom stereocenters. The van der Waals surface area contributed by atoms with Crippen molar-refractivity contribution >= 4 is 41.3 Å². The third-order valence-corrected chi connectivity index (χ3v) is 21.7. The first-order valence-electron chi connectivity index (χ1n) is 36.4. The third kappa shape index (κ3) is 19.0. The predicted octanol–water partition coefficient (Wildman–Crippen LogP) is 5.39. The van der Waals surface area contributed by atoms with Crippen LogP contribution in [0.25, 0.3) is 10.4 Å². The molecule has 1 saturated carbocycles. The molecule has 30 nitrogen and oxygen atoms in total. The number of alkyl carbamates (subject to hydrolysis) is 1. The summed E-state index contributed by atoms with van der Waals surface area (Å²) in [7, 11) is 1.59. The summed E-state index contributed by atoms with van der Waals surface area (Å²) >= 11 is 0. The highest BCUT2D eigenvalue weighted by Gasteiger charge is 2.86. The van der Waals surface area contributed by atoms with Crippen LogP contribution in [-0.4, -0.2) is 229 Å². The number of aliphatic hydroxyl groups is 1. The summed E-state index contributed by atoms with van der Waals surface area (Å²) in [5, 5.41) is 28.4. The molecule has 22 atom stereocenters. The number of methoxy groups -OCH3 is 1. The molecule has 560 valence electrons. The molecule has 12 rings (SSSR count). The average Bonchev–Trinajstić information content (AvgIpc) is 1.40. The number of carbonyl (C=O) groups excluding carboxylic acids is 6. The van der Waals surface area contributed by atoms with Gasteiger partial charge in [-0.15, -0.1) is 0 Å². The van der Waals surface area contributed by atoms with Crippen LogP contribution < -0.4 is 32.3 Å².